The molecule has 14 heavy (non-hydrogen) atoms. The van der Waals surface area contributed by atoms with Gasteiger partial charge in [0.25, 0.3) is 0 Å². The molecule has 0 spiro atoms. The van der Waals surface area contributed by atoms with Gasteiger partial charge >= 0.3 is 0 Å². The molecule has 80 valence electrons. The summed E-state index contributed by atoms with van der Waals surface area (Å²) < 4.78 is 0. The van der Waals surface area contributed by atoms with Gasteiger partial charge in [-0.2, -0.15) is 5.26 Å². The van der Waals surface area contributed by atoms with Crippen LogP contribution in [-0.2, 0) is 4.79 Å². The van der Waals surface area contributed by atoms with Crippen LogP contribution < -0.4 is 5.73 Å². The van der Waals surface area contributed by atoms with Crippen molar-refractivity contribution in [3.05, 3.63) is 0 Å². The zero-order valence-electron chi connectivity index (χ0n) is 9.16. The second kappa shape index (κ2) is 6.39. The summed E-state index contributed by atoms with van der Waals surface area (Å²) in [6.45, 7) is 4.68. The van der Waals surface area contributed by atoms with Crippen LogP contribution in [0.1, 0.15) is 20.3 Å². The third-order valence-corrected chi connectivity index (χ3v) is 2.17. The zero-order valence-corrected chi connectivity index (χ0v) is 9.16. The number of rotatable bonds is 5. The largest absolute Gasteiger partial charge is 0.344 e. The second-order valence-electron chi connectivity index (χ2n) is 3.73. The van der Waals surface area contributed by atoms with Crippen LogP contribution in [0.2, 0.25) is 0 Å². The van der Waals surface area contributed by atoms with Crippen LogP contribution in [0.25, 0.3) is 0 Å². The minimum absolute atomic E-state index is 0.0455. The third kappa shape index (κ3) is 4.24. The van der Waals surface area contributed by atoms with Gasteiger partial charge in [0.15, 0.2) is 0 Å². The van der Waals surface area contributed by atoms with E-state index in [0.29, 0.717) is 19.5 Å². The van der Waals surface area contributed by atoms with Crippen LogP contribution >= 0.6 is 0 Å². The fourth-order valence-electron chi connectivity index (χ4n) is 1.29. The van der Waals surface area contributed by atoms with Gasteiger partial charge < -0.3 is 10.6 Å². The molecule has 0 radical (unpaired) electrons. The molecular formula is C10H19N3O. The van der Waals surface area contributed by atoms with Crippen LogP contribution in [0.5, 0.6) is 0 Å². The highest BCUT2D eigenvalue weighted by Gasteiger charge is 2.17. The summed E-state index contributed by atoms with van der Waals surface area (Å²) in [7, 11) is 1.73. The van der Waals surface area contributed by atoms with Gasteiger partial charge in [-0.05, 0) is 19.9 Å². The second-order valence-corrected chi connectivity index (χ2v) is 3.73. The Morgan fingerprint density at radius 3 is 2.57 bits per heavy atom. The zero-order chi connectivity index (χ0) is 11.1. The molecule has 2 unspecified atom stereocenters. The molecule has 4 heteroatoms. The van der Waals surface area contributed by atoms with Crippen molar-refractivity contribution in [1.82, 2.24) is 4.90 Å². The van der Waals surface area contributed by atoms with Crippen molar-refractivity contribution in [1.29, 1.82) is 5.26 Å². The lowest BCUT2D eigenvalue weighted by molar-refractivity contribution is -0.134. The smallest absolute Gasteiger partial charge is 0.225 e. The summed E-state index contributed by atoms with van der Waals surface area (Å²) in [6, 6.07) is 2.10. The number of hydrogen-bond acceptors (Lipinski definition) is 3. The minimum Gasteiger partial charge on any atom is -0.344 e. The highest BCUT2D eigenvalue weighted by atomic mass is 16.2. The Bertz CT molecular complexity index is 222. The molecule has 0 aliphatic heterocycles. The maximum Gasteiger partial charge on any atom is 0.225 e. The number of amides is 1. The van der Waals surface area contributed by atoms with E-state index in [4.69, 9.17) is 11.0 Å². The Morgan fingerprint density at radius 1 is 1.57 bits per heavy atom. The molecule has 0 heterocycles. The molecule has 0 aromatic carbocycles. The molecule has 0 saturated heterocycles. The van der Waals surface area contributed by atoms with E-state index in [1.807, 2.05) is 6.92 Å². The fraction of sp³-hybridized carbons (Fsp3) is 0.800. The van der Waals surface area contributed by atoms with E-state index in [1.54, 1.807) is 18.9 Å². The van der Waals surface area contributed by atoms with Crippen LogP contribution in [-0.4, -0.2) is 30.9 Å². The molecule has 0 fully saturated rings. The molecule has 2 atom stereocenters. The summed E-state index contributed by atoms with van der Waals surface area (Å²) in [5.41, 5.74) is 5.37. The molecule has 4 nitrogen and oxygen atoms in total. The van der Waals surface area contributed by atoms with Gasteiger partial charge in [0, 0.05) is 19.5 Å². The van der Waals surface area contributed by atoms with Crippen molar-refractivity contribution in [2.75, 3.05) is 20.1 Å². The topological polar surface area (TPSA) is 70.1 Å². The highest BCUT2D eigenvalue weighted by molar-refractivity contribution is 5.78. The number of hydrogen-bond donors (Lipinski definition) is 1. The van der Waals surface area contributed by atoms with Gasteiger partial charge in [0.1, 0.15) is 0 Å². The number of carbonyl (C=O) groups excluding carboxylic acids is 1. The number of nitrogens with zero attached hydrogens (tertiary/aromatic N) is 2. The van der Waals surface area contributed by atoms with Crippen LogP contribution in [0.3, 0.4) is 0 Å². The van der Waals surface area contributed by atoms with E-state index in [2.05, 4.69) is 6.07 Å². The van der Waals surface area contributed by atoms with E-state index >= 15 is 0 Å². The average Bonchev–Trinajstić information content (AvgIpc) is 2.16. The molecule has 0 aromatic rings. The molecule has 2 N–H and O–H groups in total. The first-order chi connectivity index (χ1) is 6.52. The maximum atomic E-state index is 11.6. The van der Waals surface area contributed by atoms with Crippen molar-refractivity contribution in [3.8, 4) is 6.07 Å². The summed E-state index contributed by atoms with van der Waals surface area (Å²) in [5.74, 6) is -0.0949. The van der Waals surface area contributed by atoms with E-state index < -0.39 is 0 Å². The first-order valence-electron chi connectivity index (χ1n) is 4.87. The SMILES string of the molecule is CC(C#N)CN(C)C(=O)C(C)CCN. The first-order valence-corrected chi connectivity index (χ1v) is 4.87. The molecule has 0 aliphatic carbocycles. The van der Waals surface area contributed by atoms with Crippen molar-refractivity contribution in [2.45, 2.75) is 20.3 Å². The van der Waals surface area contributed by atoms with Gasteiger partial charge in [-0.3, -0.25) is 4.79 Å². The lowest BCUT2D eigenvalue weighted by atomic mass is 10.1. The van der Waals surface area contributed by atoms with Gasteiger partial charge in [-0.25, -0.2) is 0 Å². The number of nitrogens with two attached hydrogens (primary N) is 1. The van der Waals surface area contributed by atoms with Gasteiger partial charge in [-0.1, -0.05) is 6.92 Å². The highest BCUT2D eigenvalue weighted by Crippen LogP contribution is 2.06. The van der Waals surface area contributed by atoms with Crippen molar-refractivity contribution in [3.63, 3.8) is 0 Å². The summed E-state index contributed by atoms with van der Waals surface area (Å²) in [4.78, 5) is 13.3. The molecule has 0 aromatic heterocycles. The van der Waals surface area contributed by atoms with Crippen molar-refractivity contribution < 1.29 is 4.79 Å². The molecule has 0 aliphatic rings. The minimum atomic E-state index is -0.117. The summed E-state index contributed by atoms with van der Waals surface area (Å²) in [5, 5.41) is 8.60. The molecule has 0 saturated carbocycles. The van der Waals surface area contributed by atoms with E-state index in [9.17, 15) is 4.79 Å². The van der Waals surface area contributed by atoms with Crippen LogP contribution in [0.15, 0.2) is 0 Å². The maximum absolute atomic E-state index is 11.6. The Morgan fingerprint density at radius 2 is 2.14 bits per heavy atom. The predicted octanol–water partition coefficient (Wildman–Crippen LogP) is 0.589. The van der Waals surface area contributed by atoms with Gasteiger partial charge in [-0.15, -0.1) is 0 Å². The van der Waals surface area contributed by atoms with Crippen molar-refractivity contribution in [2.24, 2.45) is 17.6 Å². The number of carbonyl (C=O) groups is 1. The monoisotopic (exact) mass is 197 g/mol. The van der Waals surface area contributed by atoms with Crippen molar-refractivity contribution >= 4 is 5.91 Å². The molecule has 0 bridgehead atoms. The van der Waals surface area contributed by atoms with Crippen LogP contribution in [0.4, 0.5) is 0 Å². The Balaban J connectivity index is 4.06. The van der Waals surface area contributed by atoms with E-state index in [1.165, 1.54) is 0 Å². The summed E-state index contributed by atoms with van der Waals surface area (Å²) >= 11 is 0. The Labute approximate surface area is 85.7 Å². The molecular weight excluding hydrogens is 178 g/mol. The quantitative estimate of drug-likeness (QED) is 0.701. The van der Waals surface area contributed by atoms with E-state index in [-0.39, 0.29) is 17.7 Å². The molecule has 1 amide bonds. The lowest BCUT2D eigenvalue weighted by Gasteiger charge is -2.21. The van der Waals surface area contributed by atoms with E-state index in [0.717, 1.165) is 0 Å². The summed E-state index contributed by atoms with van der Waals surface area (Å²) in [6.07, 6.45) is 0.699. The van der Waals surface area contributed by atoms with Gasteiger partial charge in [0.05, 0.1) is 12.0 Å². The standard InChI is InChI=1S/C10H19N3O/c1-8(6-12)7-13(3)10(14)9(2)4-5-11/h8-9H,4-5,7,11H2,1-3H3. The van der Waals surface area contributed by atoms with Crippen LogP contribution in [0, 0.1) is 23.2 Å². The Hall–Kier alpha value is -1.08. The molecule has 0 rings (SSSR count). The lowest BCUT2D eigenvalue weighted by Crippen LogP contribution is -2.35. The average molecular weight is 197 g/mol. The third-order valence-electron chi connectivity index (χ3n) is 2.17. The first kappa shape index (κ1) is 12.9. The predicted molar refractivity (Wildman–Crippen MR) is 55.2 cm³/mol. The normalized spacial score (nSPS) is 14.2. The van der Waals surface area contributed by atoms with Gasteiger partial charge in [0.2, 0.25) is 5.91 Å². The fourth-order valence-corrected chi connectivity index (χ4v) is 1.29. The number of nitriles is 1. The Kier molecular flexibility index (Phi) is 5.89.